The third-order valence-corrected chi connectivity index (χ3v) is 8.08. The maximum absolute atomic E-state index is 12.9. The van der Waals surface area contributed by atoms with E-state index in [1.165, 1.54) is 113 Å². The summed E-state index contributed by atoms with van der Waals surface area (Å²) in [5.74, 6) is -3.65. The lowest BCUT2D eigenvalue weighted by Gasteiger charge is -2.18. The number of carboxylic acids is 2. The van der Waals surface area contributed by atoms with E-state index >= 15 is 0 Å². The molecule has 0 aromatic heterocycles. The van der Waals surface area contributed by atoms with Crippen molar-refractivity contribution in [3.05, 3.63) is 59.7 Å². The minimum atomic E-state index is -1.18. The van der Waals surface area contributed by atoms with Gasteiger partial charge in [0.2, 0.25) is 11.8 Å². The molecule has 2 aromatic rings. The summed E-state index contributed by atoms with van der Waals surface area (Å²) in [7, 11) is 0. The predicted octanol–water partition coefficient (Wildman–Crippen LogP) is 8.19. The summed E-state index contributed by atoms with van der Waals surface area (Å²) >= 11 is 0. The normalized spacial score (nSPS) is 11.4. The number of rotatable bonds is 25. The first-order valence-corrected chi connectivity index (χ1v) is 17.3. The van der Waals surface area contributed by atoms with E-state index in [2.05, 4.69) is 22.9 Å². The monoisotopic (exact) mass is 651 g/mol. The van der Waals surface area contributed by atoms with E-state index in [4.69, 9.17) is 5.11 Å². The first kappa shape index (κ1) is 39.0. The highest BCUT2D eigenvalue weighted by Gasteiger charge is 2.23. The first-order chi connectivity index (χ1) is 22.7. The number of benzene rings is 2. The Morgan fingerprint density at radius 2 is 1.17 bits per heavy atom. The summed E-state index contributed by atoms with van der Waals surface area (Å²) in [4.78, 5) is 60.6. The van der Waals surface area contributed by atoms with Crippen molar-refractivity contribution in [2.24, 2.45) is 0 Å². The van der Waals surface area contributed by atoms with Crippen LogP contribution in [0.1, 0.15) is 143 Å². The molecule has 258 valence electrons. The summed E-state index contributed by atoms with van der Waals surface area (Å²) < 4.78 is 0. The van der Waals surface area contributed by atoms with E-state index in [1.807, 2.05) is 0 Å². The molecular weight excluding hydrogens is 598 g/mol. The van der Waals surface area contributed by atoms with Crippen LogP contribution in [0.15, 0.2) is 48.5 Å². The van der Waals surface area contributed by atoms with Crippen LogP contribution in [0.25, 0.3) is 0 Å². The third kappa shape index (κ3) is 17.3. The zero-order valence-corrected chi connectivity index (χ0v) is 27.9. The van der Waals surface area contributed by atoms with Gasteiger partial charge in [0.05, 0.1) is 5.56 Å². The molecule has 1 atom stereocenters. The SMILES string of the molecule is CCCCCCCCCCCCCCCCCC(=O)Nc1ccc(C(=O)N[C@@H](CCC(=O)O)C(=O)Nc2cccc(C(=O)O)c2)cc1. The van der Waals surface area contributed by atoms with Crippen LogP contribution in [-0.4, -0.2) is 45.9 Å². The number of unbranched alkanes of at least 4 members (excludes halogenated alkanes) is 14. The molecule has 0 aliphatic rings. The van der Waals surface area contributed by atoms with Crippen LogP contribution in [0, 0.1) is 0 Å². The zero-order valence-electron chi connectivity index (χ0n) is 27.9. The standard InChI is InChI=1S/C37H53N3O7/c1-2-3-4-5-6-7-8-9-10-11-12-13-14-15-16-20-33(41)38-30-23-21-28(22-24-30)35(44)40-32(25-26-34(42)43)36(45)39-31-19-17-18-29(27-31)37(46)47/h17-19,21-24,27,32H,2-16,20,25-26H2,1H3,(H,38,41)(H,39,45)(H,40,44)(H,42,43)(H,46,47)/t32-/m0/s1. The molecule has 0 fully saturated rings. The Hall–Kier alpha value is -4.21. The van der Waals surface area contributed by atoms with Crippen LogP contribution < -0.4 is 16.0 Å². The molecule has 10 nitrogen and oxygen atoms in total. The third-order valence-electron chi connectivity index (χ3n) is 8.08. The first-order valence-electron chi connectivity index (χ1n) is 17.3. The number of aromatic carboxylic acids is 1. The minimum absolute atomic E-state index is 0.0316. The van der Waals surface area contributed by atoms with E-state index in [0.717, 1.165) is 19.3 Å². The smallest absolute Gasteiger partial charge is 0.335 e. The van der Waals surface area contributed by atoms with Crippen molar-refractivity contribution in [2.75, 3.05) is 10.6 Å². The average molecular weight is 652 g/mol. The molecule has 0 radical (unpaired) electrons. The fourth-order valence-corrected chi connectivity index (χ4v) is 5.32. The lowest BCUT2D eigenvalue weighted by Crippen LogP contribution is -2.44. The van der Waals surface area contributed by atoms with Crippen LogP contribution >= 0.6 is 0 Å². The number of carboxylic acid groups (broad SMARTS) is 2. The molecule has 2 rings (SSSR count). The molecule has 0 saturated heterocycles. The van der Waals surface area contributed by atoms with Gasteiger partial charge >= 0.3 is 11.9 Å². The molecular formula is C37H53N3O7. The van der Waals surface area contributed by atoms with Crippen LogP contribution in [-0.2, 0) is 14.4 Å². The fourth-order valence-electron chi connectivity index (χ4n) is 5.32. The van der Waals surface area contributed by atoms with Gasteiger partial charge in [0.15, 0.2) is 0 Å². The highest BCUT2D eigenvalue weighted by molar-refractivity contribution is 6.02. The van der Waals surface area contributed by atoms with E-state index < -0.39 is 29.8 Å². The largest absolute Gasteiger partial charge is 0.481 e. The Bertz CT molecular complexity index is 1260. The molecule has 0 aliphatic heterocycles. The van der Waals surface area contributed by atoms with Gasteiger partial charge in [0, 0.05) is 29.8 Å². The molecule has 0 spiro atoms. The number of nitrogens with one attached hydrogen (secondary N) is 3. The second kappa shape index (κ2) is 23.2. The Morgan fingerprint density at radius 3 is 1.70 bits per heavy atom. The van der Waals surface area contributed by atoms with Gasteiger partial charge in [-0.15, -0.1) is 0 Å². The Labute approximate surface area is 279 Å². The molecule has 0 heterocycles. The van der Waals surface area contributed by atoms with E-state index in [9.17, 15) is 29.1 Å². The molecule has 5 N–H and O–H groups in total. The van der Waals surface area contributed by atoms with Crippen molar-refractivity contribution in [1.29, 1.82) is 0 Å². The van der Waals surface area contributed by atoms with Crippen molar-refractivity contribution in [3.63, 3.8) is 0 Å². The zero-order chi connectivity index (χ0) is 34.3. The van der Waals surface area contributed by atoms with Crippen molar-refractivity contribution in [1.82, 2.24) is 5.32 Å². The summed E-state index contributed by atoms with van der Waals surface area (Å²) in [6.45, 7) is 2.25. The van der Waals surface area contributed by atoms with Crippen LogP contribution in [0.3, 0.4) is 0 Å². The van der Waals surface area contributed by atoms with Crippen LogP contribution in [0.4, 0.5) is 11.4 Å². The Balaban J connectivity index is 1.68. The van der Waals surface area contributed by atoms with Crippen molar-refractivity contribution in [2.45, 2.75) is 129 Å². The summed E-state index contributed by atoms with van der Waals surface area (Å²) in [5, 5.41) is 26.2. The quantitative estimate of drug-likeness (QED) is 0.0676. The fraction of sp³-hybridized carbons (Fsp3) is 0.541. The van der Waals surface area contributed by atoms with Gasteiger partial charge in [-0.05, 0) is 55.3 Å². The van der Waals surface area contributed by atoms with Gasteiger partial charge in [-0.3, -0.25) is 19.2 Å². The highest BCUT2D eigenvalue weighted by atomic mass is 16.4. The van der Waals surface area contributed by atoms with Crippen molar-refractivity contribution >= 4 is 41.0 Å². The van der Waals surface area contributed by atoms with Gasteiger partial charge in [-0.2, -0.15) is 0 Å². The maximum atomic E-state index is 12.9. The molecule has 2 aromatic carbocycles. The number of anilines is 2. The number of amides is 3. The Kier molecular flexibility index (Phi) is 19.2. The predicted molar refractivity (Wildman–Crippen MR) is 185 cm³/mol. The van der Waals surface area contributed by atoms with Crippen molar-refractivity contribution in [3.8, 4) is 0 Å². The molecule has 47 heavy (non-hydrogen) atoms. The van der Waals surface area contributed by atoms with Gasteiger partial charge in [-0.25, -0.2) is 4.79 Å². The number of carbonyl (C=O) groups excluding carboxylic acids is 3. The van der Waals surface area contributed by atoms with Gasteiger partial charge < -0.3 is 26.2 Å². The molecule has 0 unspecified atom stereocenters. The number of aliphatic carboxylic acids is 1. The molecule has 0 aliphatic carbocycles. The van der Waals surface area contributed by atoms with Gasteiger partial charge in [-0.1, -0.05) is 103 Å². The summed E-state index contributed by atoms with van der Waals surface area (Å²) in [5.41, 5.74) is 0.947. The maximum Gasteiger partial charge on any atom is 0.335 e. The van der Waals surface area contributed by atoms with E-state index in [0.29, 0.717) is 12.1 Å². The van der Waals surface area contributed by atoms with Gasteiger partial charge in [0.25, 0.3) is 5.91 Å². The van der Waals surface area contributed by atoms with Crippen LogP contribution in [0.5, 0.6) is 0 Å². The van der Waals surface area contributed by atoms with E-state index in [1.54, 1.807) is 12.1 Å². The topological polar surface area (TPSA) is 162 Å². The Morgan fingerprint density at radius 1 is 0.617 bits per heavy atom. The number of hydrogen-bond donors (Lipinski definition) is 5. The number of carbonyl (C=O) groups is 5. The van der Waals surface area contributed by atoms with Crippen LogP contribution in [0.2, 0.25) is 0 Å². The van der Waals surface area contributed by atoms with Crippen molar-refractivity contribution < 1.29 is 34.2 Å². The second-order valence-electron chi connectivity index (χ2n) is 12.2. The lowest BCUT2D eigenvalue weighted by atomic mass is 10.0. The molecule has 10 heteroatoms. The molecule has 0 bridgehead atoms. The molecule has 0 saturated carbocycles. The minimum Gasteiger partial charge on any atom is -0.481 e. The second-order valence-corrected chi connectivity index (χ2v) is 12.2. The summed E-state index contributed by atoms with van der Waals surface area (Å²) in [6.07, 6.45) is 18.9. The average Bonchev–Trinajstić information content (AvgIpc) is 3.05. The molecule has 3 amide bonds. The van der Waals surface area contributed by atoms with E-state index in [-0.39, 0.29) is 35.6 Å². The van der Waals surface area contributed by atoms with Gasteiger partial charge in [0.1, 0.15) is 6.04 Å². The number of hydrogen-bond acceptors (Lipinski definition) is 5. The highest BCUT2D eigenvalue weighted by Crippen LogP contribution is 2.16. The summed E-state index contributed by atoms with van der Waals surface area (Å²) in [6, 6.07) is 10.6. The lowest BCUT2D eigenvalue weighted by molar-refractivity contribution is -0.137.